The molecule has 6 aliphatic heterocycles. The maximum Gasteiger partial charge on any atom is 0.472 e. The van der Waals surface area contributed by atoms with Crippen molar-refractivity contribution in [2.24, 2.45) is 15.0 Å². The molecular formula is C81H44N6O22P2-2. The van der Waals surface area contributed by atoms with Gasteiger partial charge in [0.25, 0.3) is 53.2 Å². The highest BCUT2D eigenvalue weighted by Crippen LogP contribution is 2.53. The zero-order chi connectivity index (χ0) is 76.3. The number of benzene rings is 15. The number of phosphoric acid groups is 2. The van der Waals surface area contributed by atoms with Crippen LogP contribution in [0.1, 0.15) is 110 Å². The van der Waals surface area contributed by atoms with Crippen LogP contribution in [0.15, 0.2) is 161 Å². The standard InChI is InChI=1S/C81H46N6O22P2/c88-28-32(26-86-78(98)54-21-9-42-36-3-15-48-65-49(73(93)83-72(48)92)16-4-37(59(36)65)43-10-22-55(79(86)99)68(54)62(42)43)108-111(104,105)107-30-33(27-87-80(100)56-23-11-44-38-5-17-50-66-51(75(95)84-74(50)94)18-6-39(60(38)66)45-12-24-57(81(87)101)69(56)63(44)45)109-110(102,103)106-29-31(89)25-85-76(96)52-19-7-40-34-1-13-46-64-47(71(91)82-70(46)90)14-2-35(58(34)64)41-8-20-53(77(85)97)67(52)61(40)41/h1-24,31-33,88-89H,25-30H2,(H,102,103)(H,104,105)(H,82,90,91)(H,83,92,93)(H,84,94,95)/p-2. The number of nitrogens with zero attached hydrogens (tertiary/aromatic N) is 6. The Morgan fingerprint density at radius 3 is 0.892 bits per heavy atom. The smallest absolute Gasteiger partial charge is 0.472 e. The third-order valence-corrected chi connectivity index (χ3v) is 24.4. The number of aliphatic hydroxyl groups excluding tert-OH is 3. The van der Waals surface area contributed by atoms with E-state index in [0.29, 0.717) is 133 Å². The Morgan fingerprint density at radius 2 is 0.568 bits per heavy atom. The first-order chi connectivity index (χ1) is 53.4. The minimum Gasteiger partial charge on any atom is -0.858 e. The van der Waals surface area contributed by atoms with Crippen molar-refractivity contribution in [3.8, 4) is 0 Å². The molecule has 5 unspecified atom stereocenters. The number of hydrogen-bond donors (Lipinski definition) is 5. The summed E-state index contributed by atoms with van der Waals surface area (Å²) in [5.74, 6) is -9.41. The van der Waals surface area contributed by atoms with Crippen LogP contribution in [0.25, 0.3) is 129 Å². The highest BCUT2D eigenvalue weighted by atomic mass is 31.2. The highest BCUT2D eigenvalue weighted by Gasteiger charge is 2.44. The number of imide groups is 3. The van der Waals surface area contributed by atoms with E-state index in [1.807, 2.05) is 0 Å². The van der Waals surface area contributed by atoms with Crippen molar-refractivity contribution < 1.29 is 106 Å². The van der Waals surface area contributed by atoms with Crippen molar-refractivity contribution in [2.75, 3.05) is 39.5 Å². The number of amides is 9. The quantitative estimate of drug-likeness (QED) is 0.0245. The predicted molar refractivity (Wildman–Crippen MR) is 399 cm³/mol. The predicted octanol–water partition coefficient (Wildman–Crippen LogP) is 9.36. The molecule has 542 valence electrons. The molecule has 0 aromatic heterocycles. The first-order valence-corrected chi connectivity index (χ1v) is 37.6. The summed E-state index contributed by atoms with van der Waals surface area (Å²) in [5.41, 5.74) is 1.54. The van der Waals surface area contributed by atoms with Crippen LogP contribution in [0.5, 0.6) is 0 Å². The summed E-state index contributed by atoms with van der Waals surface area (Å²) in [6.07, 6.45) is -6.00. The van der Waals surface area contributed by atoms with Crippen molar-refractivity contribution >= 4 is 216 Å². The Morgan fingerprint density at radius 1 is 0.324 bits per heavy atom. The minimum atomic E-state index is -5.70. The van der Waals surface area contributed by atoms with E-state index in [1.165, 1.54) is 36.4 Å². The summed E-state index contributed by atoms with van der Waals surface area (Å²) in [4.78, 5) is 164. The summed E-state index contributed by atoms with van der Waals surface area (Å²) in [5, 5.41) is 71.6. The first-order valence-electron chi connectivity index (χ1n) is 34.6. The molecule has 6 heterocycles. The van der Waals surface area contributed by atoms with E-state index in [0.717, 1.165) is 0 Å². The maximum absolute atomic E-state index is 15.0. The molecule has 6 aliphatic rings. The van der Waals surface area contributed by atoms with Gasteiger partial charge in [-0.25, -0.2) is 19.1 Å². The largest absolute Gasteiger partial charge is 0.858 e. The van der Waals surface area contributed by atoms with Crippen LogP contribution >= 0.6 is 15.6 Å². The molecule has 5 N–H and O–H groups in total. The van der Waals surface area contributed by atoms with Gasteiger partial charge >= 0.3 is 15.6 Å². The van der Waals surface area contributed by atoms with E-state index in [1.54, 1.807) is 109 Å². The number of fused-ring (bicyclic) bond motifs is 6. The maximum atomic E-state index is 15.0. The van der Waals surface area contributed by atoms with Gasteiger partial charge in [-0.05, 0) is 181 Å². The van der Waals surface area contributed by atoms with Crippen molar-refractivity contribution in [1.29, 1.82) is 0 Å². The van der Waals surface area contributed by atoms with Gasteiger partial charge in [0, 0.05) is 71.3 Å². The summed E-state index contributed by atoms with van der Waals surface area (Å²) in [7, 11) is -11.4. The topological polar surface area (TPSA) is 419 Å². The SMILES string of the molecule is O=C1N=C([O-])c2ccc3c4ccc5c6c(ccc(c7ccc1c2c73)c64)C(=O)N(CC(O)COP(=O)(O)OC(COP(=O)(O)OC(CO)CN1C(=O)c2ccc3c4ccc6c7c(ccc(c8ccc(c2c38)C1=O)c74)C([O-])=NC6=O)CN1C(=O)c2ccc3c4ccc6c7c(ccc(c8ccc(c2c38)C1=O)c74)C(O)=NC6=O)C5=O. The third-order valence-electron chi connectivity index (χ3n) is 22.4. The van der Waals surface area contributed by atoms with Gasteiger partial charge < -0.3 is 35.3 Å². The van der Waals surface area contributed by atoms with Crippen LogP contribution < -0.4 is 10.2 Å². The first kappa shape index (κ1) is 66.4. The Labute approximate surface area is 618 Å². The van der Waals surface area contributed by atoms with E-state index < -0.39 is 144 Å². The van der Waals surface area contributed by atoms with Crippen LogP contribution in [0.2, 0.25) is 0 Å². The van der Waals surface area contributed by atoms with Gasteiger partial charge in [-0.2, -0.15) is 4.99 Å². The number of phosphoric ester groups is 2. The number of rotatable bonds is 17. The number of aliphatic imine (C=N–C) groups is 3. The molecule has 0 bridgehead atoms. The van der Waals surface area contributed by atoms with Gasteiger partial charge in [-0.3, -0.25) is 75.9 Å². The van der Waals surface area contributed by atoms with E-state index in [2.05, 4.69) is 15.0 Å². The molecule has 28 nitrogen and oxygen atoms in total. The van der Waals surface area contributed by atoms with Gasteiger partial charge in [0.1, 0.15) is 12.2 Å². The average molecular weight is 1520 g/mol. The minimum absolute atomic E-state index is 0.0215. The zero-order valence-corrected chi connectivity index (χ0v) is 58.4. The molecule has 0 radical (unpaired) electrons. The van der Waals surface area contributed by atoms with Crippen molar-refractivity contribution in [3.05, 3.63) is 212 Å². The van der Waals surface area contributed by atoms with Gasteiger partial charge in [0.2, 0.25) is 5.90 Å². The lowest BCUT2D eigenvalue weighted by Gasteiger charge is -2.32. The number of β-amino-alcohol motifs (C(OH)–C–C–N with tert-alkyl or cyclic N) is 1. The summed E-state index contributed by atoms with van der Waals surface area (Å²) in [6.45, 7) is -6.38. The summed E-state index contributed by atoms with van der Waals surface area (Å²) < 4.78 is 50.4. The molecule has 15 aromatic carbocycles. The highest BCUT2D eigenvalue weighted by molar-refractivity contribution is 7.47. The van der Waals surface area contributed by atoms with E-state index in [9.17, 15) is 78.0 Å². The van der Waals surface area contributed by atoms with E-state index in [4.69, 9.17) is 18.1 Å². The molecule has 0 aliphatic carbocycles. The van der Waals surface area contributed by atoms with Crippen LogP contribution in [0, 0.1) is 0 Å². The van der Waals surface area contributed by atoms with E-state index in [-0.39, 0.29) is 77.4 Å². The molecule has 0 fully saturated rings. The second kappa shape index (κ2) is 22.9. The summed E-state index contributed by atoms with van der Waals surface area (Å²) >= 11 is 0. The van der Waals surface area contributed by atoms with Gasteiger partial charge in [0.15, 0.2) is 0 Å². The molecule has 15 aromatic rings. The monoisotopic (exact) mass is 1510 g/mol. The molecule has 30 heteroatoms. The number of carbonyl (C=O) groups is 9. The van der Waals surface area contributed by atoms with E-state index >= 15 is 9.59 Å². The lowest BCUT2D eigenvalue weighted by Crippen LogP contribution is -2.46. The molecule has 0 spiro atoms. The lowest BCUT2D eigenvalue weighted by molar-refractivity contribution is -0.213. The van der Waals surface area contributed by atoms with Gasteiger partial charge in [0.05, 0.1) is 62.2 Å². The number of carbonyl (C=O) groups excluding carboxylic acids is 9. The zero-order valence-electron chi connectivity index (χ0n) is 56.6. The summed E-state index contributed by atoms with van der Waals surface area (Å²) in [6, 6.07) is 38.3. The van der Waals surface area contributed by atoms with Crippen LogP contribution in [0.3, 0.4) is 0 Å². The normalized spacial score (nSPS) is 17.5. The molecule has 21 rings (SSSR count). The number of hydrogen-bond acceptors (Lipinski definition) is 19. The fourth-order valence-electron chi connectivity index (χ4n) is 17.8. The molecule has 111 heavy (non-hydrogen) atoms. The van der Waals surface area contributed by atoms with Crippen molar-refractivity contribution in [2.45, 2.75) is 18.3 Å². The molecule has 5 atom stereocenters. The Kier molecular flexibility index (Phi) is 13.7. The third kappa shape index (κ3) is 9.09. The Hall–Kier alpha value is -12.8. The van der Waals surface area contributed by atoms with Crippen molar-refractivity contribution in [1.82, 2.24) is 14.7 Å². The molecule has 9 amide bonds. The van der Waals surface area contributed by atoms with Crippen LogP contribution in [-0.2, 0) is 27.2 Å². The Bertz CT molecular complexity index is 7150. The molecule has 0 saturated heterocycles. The second-order valence-electron chi connectivity index (χ2n) is 28.1. The lowest BCUT2D eigenvalue weighted by atomic mass is 9.82. The average Bonchev–Trinajstić information content (AvgIpc) is 0.701. The fraction of sp³-hybridized carbons (Fsp3) is 0.111. The Balaban J connectivity index is 0.566. The molecular weight excluding hydrogens is 1470 g/mol. The van der Waals surface area contributed by atoms with Gasteiger partial charge in [-0.15, -0.1) is 0 Å². The fourth-order valence-corrected chi connectivity index (χ4v) is 19.7. The van der Waals surface area contributed by atoms with Crippen LogP contribution in [-0.4, -0.2) is 168 Å². The number of aliphatic hydroxyl groups is 3. The van der Waals surface area contributed by atoms with Crippen molar-refractivity contribution in [3.63, 3.8) is 0 Å². The van der Waals surface area contributed by atoms with Gasteiger partial charge in [-0.1, -0.05) is 84.9 Å². The second-order valence-corrected chi connectivity index (χ2v) is 30.9. The van der Waals surface area contributed by atoms with Crippen LogP contribution in [0.4, 0.5) is 0 Å². The molecule has 0 saturated carbocycles.